The van der Waals surface area contributed by atoms with Crippen molar-refractivity contribution in [3.8, 4) is 11.5 Å². The number of para-hydroxylation sites is 1. The number of esters is 1. The topological polar surface area (TPSA) is 47.6 Å². The number of likely N-dealkylation sites (N-methyl/N-ethyl adjacent to an activating group) is 1. The average molecular weight is 399 g/mol. The Kier molecular flexibility index (Phi) is 7.15. The maximum absolute atomic E-state index is 13.6. The van der Waals surface area contributed by atoms with Crippen molar-refractivity contribution >= 4 is 17.7 Å². The lowest BCUT2D eigenvalue weighted by molar-refractivity contribution is -0.206. The predicted molar refractivity (Wildman–Crippen MR) is 98.2 cm³/mol. The Morgan fingerprint density at radius 2 is 1.63 bits per heavy atom. The molecule has 0 aliphatic carbocycles. The van der Waals surface area contributed by atoms with E-state index in [0.717, 1.165) is 18.8 Å². The summed E-state index contributed by atoms with van der Waals surface area (Å²) in [6, 6.07) is 15.7. The Labute approximate surface area is 160 Å². The van der Waals surface area contributed by atoms with Crippen LogP contribution in [0.1, 0.15) is 6.92 Å². The molecule has 0 heterocycles. The van der Waals surface area contributed by atoms with E-state index in [2.05, 4.69) is 10.1 Å². The first-order valence-electron chi connectivity index (χ1n) is 8.21. The van der Waals surface area contributed by atoms with Gasteiger partial charge in [-0.15, -0.1) is 11.8 Å². The van der Waals surface area contributed by atoms with E-state index in [1.54, 1.807) is 36.4 Å². The largest absolute Gasteiger partial charge is 0.464 e. The molecule has 4 nitrogen and oxygen atoms in total. The number of hydrogen-bond donors (Lipinski definition) is 1. The minimum absolute atomic E-state index is 0.130. The number of halogens is 3. The molecule has 0 fully saturated rings. The number of hydrogen-bond acceptors (Lipinski definition) is 5. The van der Waals surface area contributed by atoms with Crippen molar-refractivity contribution in [3.05, 3.63) is 54.6 Å². The fourth-order valence-electron chi connectivity index (χ4n) is 2.25. The van der Waals surface area contributed by atoms with E-state index in [4.69, 9.17) is 4.74 Å². The van der Waals surface area contributed by atoms with E-state index in [0.29, 0.717) is 16.4 Å². The SMILES string of the molecule is CCOC(=O)C(CSc1ccc(Oc2ccccc2)cc1)(NC)C(F)(F)F. The molecule has 1 N–H and O–H groups in total. The lowest BCUT2D eigenvalue weighted by Gasteiger charge is -2.32. The molecule has 2 rings (SSSR count). The van der Waals surface area contributed by atoms with Crippen LogP contribution in [-0.4, -0.2) is 37.1 Å². The number of alkyl halides is 3. The van der Waals surface area contributed by atoms with Crippen molar-refractivity contribution in [1.82, 2.24) is 5.32 Å². The van der Waals surface area contributed by atoms with Crippen molar-refractivity contribution in [1.29, 1.82) is 0 Å². The van der Waals surface area contributed by atoms with Crippen molar-refractivity contribution in [2.24, 2.45) is 0 Å². The Balaban J connectivity index is 2.09. The molecule has 0 amide bonds. The molecule has 8 heteroatoms. The molecule has 0 bridgehead atoms. The molecule has 0 aliphatic heterocycles. The molecule has 0 aromatic heterocycles. The fraction of sp³-hybridized carbons (Fsp3) is 0.316. The minimum atomic E-state index is -4.79. The zero-order chi connectivity index (χ0) is 19.9. The lowest BCUT2D eigenvalue weighted by Crippen LogP contribution is -2.63. The minimum Gasteiger partial charge on any atom is -0.464 e. The van der Waals surface area contributed by atoms with Crippen molar-refractivity contribution in [3.63, 3.8) is 0 Å². The van der Waals surface area contributed by atoms with Gasteiger partial charge in [-0.25, -0.2) is 4.79 Å². The van der Waals surface area contributed by atoms with Crippen LogP contribution in [0.25, 0.3) is 0 Å². The summed E-state index contributed by atoms with van der Waals surface area (Å²) in [6.45, 7) is 1.34. The maximum atomic E-state index is 13.6. The molecule has 2 aromatic rings. The van der Waals surface area contributed by atoms with Crippen molar-refractivity contribution < 1.29 is 27.4 Å². The van der Waals surface area contributed by atoms with Crippen LogP contribution in [0.15, 0.2) is 59.5 Å². The fourth-order valence-corrected chi connectivity index (χ4v) is 3.38. The molecule has 1 atom stereocenters. The second-order valence-electron chi connectivity index (χ2n) is 5.55. The number of thioether (sulfide) groups is 1. The number of nitrogens with one attached hydrogen (secondary N) is 1. The van der Waals surface area contributed by atoms with E-state index in [-0.39, 0.29) is 6.61 Å². The smallest absolute Gasteiger partial charge is 0.418 e. The summed E-state index contributed by atoms with van der Waals surface area (Å²) in [6.07, 6.45) is -4.79. The van der Waals surface area contributed by atoms with Gasteiger partial charge in [-0.2, -0.15) is 13.2 Å². The molecule has 0 aliphatic rings. The lowest BCUT2D eigenvalue weighted by atomic mass is 10.0. The van der Waals surface area contributed by atoms with Crippen LogP contribution < -0.4 is 10.1 Å². The van der Waals surface area contributed by atoms with Gasteiger partial charge in [0.05, 0.1) is 6.61 Å². The van der Waals surface area contributed by atoms with Crippen LogP contribution in [0.3, 0.4) is 0 Å². The first-order chi connectivity index (χ1) is 12.8. The predicted octanol–water partition coefficient (Wildman–Crippen LogP) is 4.65. The molecule has 0 spiro atoms. The molecule has 146 valence electrons. The Morgan fingerprint density at radius 3 is 2.15 bits per heavy atom. The summed E-state index contributed by atoms with van der Waals surface area (Å²) in [7, 11) is 1.10. The van der Waals surface area contributed by atoms with E-state index in [1.165, 1.54) is 6.92 Å². The van der Waals surface area contributed by atoms with Gasteiger partial charge in [0, 0.05) is 10.6 Å². The maximum Gasteiger partial charge on any atom is 0.418 e. The van der Waals surface area contributed by atoms with Crippen LogP contribution in [-0.2, 0) is 9.53 Å². The molecule has 1 unspecified atom stereocenters. The van der Waals surface area contributed by atoms with Crippen molar-refractivity contribution in [2.75, 3.05) is 19.4 Å². The Hall–Kier alpha value is -2.19. The van der Waals surface area contributed by atoms with Crippen LogP contribution in [0.5, 0.6) is 11.5 Å². The Morgan fingerprint density at radius 1 is 1.04 bits per heavy atom. The number of benzene rings is 2. The van der Waals surface area contributed by atoms with Gasteiger partial charge in [0.1, 0.15) is 11.5 Å². The van der Waals surface area contributed by atoms with Crippen LogP contribution >= 0.6 is 11.8 Å². The first kappa shape index (κ1) is 21.1. The van der Waals surface area contributed by atoms with E-state index in [9.17, 15) is 18.0 Å². The molecular formula is C19H20F3NO3S. The third kappa shape index (κ3) is 5.17. The van der Waals surface area contributed by atoms with Gasteiger partial charge in [0.2, 0.25) is 5.54 Å². The third-order valence-corrected chi connectivity index (χ3v) is 4.98. The third-order valence-electron chi connectivity index (χ3n) is 3.79. The zero-order valence-corrected chi connectivity index (χ0v) is 15.7. The highest BCUT2D eigenvalue weighted by Gasteiger charge is 2.60. The van der Waals surface area contributed by atoms with E-state index < -0.39 is 23.4 Å². The summed E-state index contributed by atoms with van der Waals surface area (Å²) in [5, 5.41) is 2.11. The standard InChI is InChI=1S/C19H20F3NO3S/c1-3-25-17(24)18(23-2,19(20,21)22)13-27-16-11-9-15(10-12-16)26-14-7-5-4-6-8-14/h4-12,23H,3,13H2,1-2H3. The van der Waals surface area contributed by atoms with E-state index >= 15 is 0 Å². The summed E-state index contributed by atoms with van der Waals surface area (Å²) in [4.78, 5) is 12.6. The number of rotatable bonds is 8. The highest BCUT2D eigenvalue weighted by Crippen LogP contribution is 2.36. The quantitative estimate of drug-likeness (QED) is 0.517. The zero-order valence-electron chi connectivity index (χ0n) is 14.9. The summed E-state index contributed by atoms with van der Waals surface area (Å²) >= 11 is 0.909. The van der Waals surface area contributed by atoms with Gasteiger partial charge < -0.3 is 9.47 Å². The summed E-state index contributed by atoms with van der Waals surface area (Å²) < 4.78 is 51.0. The molecule has 2 aromatic carbocycles. The molecule has 27 heavy (non-hydrogen) atoms. The van der Waals surface area contributed by atoms with Crippen LogP contribution in [0, 0.1) is 0 Å². The van der Waals surface area contributed by atoms with Gasteiger partial charge >= 0.3 is 12.1 Å². The summed E-state index contributed by atoms with van der Waals surface area (Å²) in [5.74, 6) is -0.667. The van der Waals surface area contributed by atoms with Gasteiger partial charge in [-0.3, -0.25) is 5.32 Å². The van der Waals surface area contributed by atoms with Crippen LogP contribution in [0.4, 0.5) is 13.2 Å². The second-order valence-corrected chi connectivity index (χ2v) is 6.60. The highest BCUT2D eigenvalue weighted by atomic mass is 32.2. The van der Waals surface area contributed by atoms with Gasteiger partial charge in [0.25, 0.3) is 0 Å². The first-order valence-corrected chi connectivity index (χ1v) is 9.19. The van der Waals surface area contributed by atoms with Gasteiger partial charge in [0.15, 0.2) is 0 Å². The average Bonchev–Trinajstić information content (AvgIpc) is 2.64. The number of carbonyl (C=O) groups is 1. The second kappa shape index (κ2) is 9.14. The molecule has 0 saturated carbocycles. The Bertz CT molecular complexity index is 738. The molecule has 0 radical (unpaired) electrons. The van der Waals surface area contributed by atoms with Gasteiger partial charge in [-0.05, 0) is 50.4 Å². The molecule has 0 saturated heterocycles. The number of ether oxygens (including phenoxy) is 2. The highest BCUT2D eigenvalue weighted by molar-refractivity contribution is 7.99. The summed E-state index contributed by atoms with van der Waals surface area (Å²) in [5.41, 5.74) is -2.77. The molecular weight excluding hydrogens is 379 g/mol. The van der Waals surface area contributed by atoms with E-state index in [1.807, 2.05) is 18.2 Å². The van der Waals surface area contributed by atoms with Crippen molar-refractivity contribution in [2.45, 2.75) is 23.5 Å². The van der Waals surface area contributed by atoms with Gasteiger partial charge in [-0.1, -0.05) is 18.2 Å². The monoisotopic (exact) mass is 399 g/mol. The van der Waals surface area contributed by atoms with Crippen LogP contribution in [0.2, 0.25) is 0 Å². The normalized spacial score (nSPS) is 13.7. The number of carbonyl (C=O) groups excluding carboxylic acids is 1.